The molecule has 1 aromatic heterocycles. The number of aliphatic hydroxyl groups excluding tert-OH is 1. The van der Waals surface area contributed by atoms with Gasteiger partial charge in [-0.25, -0.2) is 9.37 Å². The number of nitrogens with zero attached hydrogens (tertiary/aromatic N) is 2. The molecule has 2 aliphatic rings. The van der Waals surface area contributed by atoms with Crippen LogP contribution in [0.15, 0.2) is 66.2 Å². The van der Waals surface area contributed by atoms with Gasteiger partial charge in [0.2, 0.25) is 0 Å². The number of fused-ring (bicyclic) bond motifs is 2. The zero-order valence-electron chi connectivity index (χ0n) is 20.6. The summed E-state index contributed by atoms with van der Waals surface area (Å²) in [5, 5.41) is 11.7. The fourth-order valence-electron chi connectivity index (χ4n) is 4.97. The monoisotopic (exact) mass is 530 g/mol. The second-order valence-electron chi connectivity index (χ2n) is 9.23. The lowest BCUT2D eigenvalue weighted by Crippen LogP contribution is -2.29. The van der Waals surface area contributed by atoms with Gasteiger partial charge in [-0.3, -0.25) is 14.5 Å². The Labute approximate surface area is 221 Å². The number of Topliss-reactive ketones (excluding diaryl/α,β-unsaturated/α-hetero) is 1. The molecule has 1 saturated heterocycles. The van der Waals surface area contributed by atoms with Crippen molar-refractivity contribution in [1.82, 2.24) is 4.98 Å². The molecular formula is C29H23FN2O5S. The van der Waals surface area contributed by atoms with Crippen LogP contribution >= 0.6 is 11.3 Å². The van der Waals surface area contributed by atoms with E-state index in [1.807, 2.05) is 13.8 Å². The number of carbonyl (C=O) groups excluding carboxylic acids is 2. The molecule has 0 radical (unpaired) electrons. The first kappa shape index (κ1) is 24.1. The Balaban J connectivity index is 1.51. The number of anilines is 1. The Hall–Kier alpha value is -4.24. The lowest BCUT2D eigenvalue weighted by atomic mass is 9.94. The van der Waals surface area contributed by atoms with E-state index in [1.165, 1.54) is 23.1 Å². The Kier molecular flexibility index (Phi) is 5.87. The highest BCUT2D eigenvalue weighted by Gasteiger charge is 2.48. The summed E-state index contributed by atoms with van der Waals surface area (Å²) >= 11 is 1.11. The van der Waals surface area contributed by atoms with E-state index in [9.17, 15) is 19.1 Å². The van der Waals surface area contributed by atoms with Gasteiger partial charge in [0.15, 0.2) is 5.13 Å². The third-order valence-electron chi connectivity index (χ3n) is 6.67. The molecule has 2 aliphatic heterocycles. The van der Waals surface area contributed by atoms with Gasteiger partial charge in [-0.2, -0.15) is 0 Å². The van der Waals surface area contributed by atoms with E-state index in [-0.39, 0.29) is 22.6 Å². The average Bonchev–Trinajstić information content (AvgIpc) is 3.56. The zero-order chi connectivity index (χ0) is 26.6. The maximum absolute atomic E-state index is 13.9. The average molecular weight is 531 g/mol. The lowest BCUT2D eigenvalue weighted by molar-refractivity contribution is -0.132. The molecule has 3 heterocycles. The van der Waals surface area contributed by atoms with Crippen LogP contribution in [0.5, 0.6) is 11.5 Å². The lowest BCUT2D eigenvalue weighted by Gasteiger charge is -2.23. The molecule has 6 rings (SSSR count). The second-order valence-corrected chi connectivity index (χ2v) is 10.2. The van der Waals surface area contributed by atoms with Crippen LogP contribution in [0.4, 0.5) is 9.52 Å². The minimum absolute atomic E-state index is 0.0145. The van der Waals surface area contributed by atoms with Crippen LogP contribution in [0.3, 0.4) is 0 Å². The number of hydrogen-bond acceptors (Lipinski definition) is 7. The molecule has 0 aliphatic carbocycles. The normalized spacial score (nSPS) is 20.1. The summed E-state index contributed by atoms with van der Waals surface area (Å²) in [5.41, 5.74) is 2.39. The number of carbonyl (C=O) groups is 2. The van der Waals surface area contributed by atoms with Gasteiger partial charge in [-0.1, -0.05) is 23.5 Å². The third-order valence-corrected chi connectivity index (χ3v) is 7.68. The SMILES string of the molecule is CCOc1ccc(C2C(=C(O)c3ccc4c(c3)CC(C)O4)C(=O)C(=O)N2c2nc3ccc(F)cc3s2)cc1. The predicted octanol–water partition coefficient (Wildman–Crippen LogP) is 5.78. The van der Waals surface area contributed by atoms with Crippen molar-refractivity contribution < 1.29 is 28.6 Å². The summed E-state index contributed by atoms with van der Waals surface area (Å²) in [4.78, 5) is 32.7. The smallest absolute Gasteiger partial charge is 0.301 e. The van der Waals surface area contributed by atoms with E-state index >= 15 is 0 Å². The van der Waals surface area contributed by atoms with Crippen molar-refractivity contribution in [3.8, 4) is 11.5 Å². The number of amides is 1. The van der Waals surface area contributed by atoms with Crippen molar-refractivity contribution in [3.05, 3.63) is 88.7 Å². The molecule has 2 unspecified atom stereocenters. The minimum atomic E-state index is -0.945. The van der Waals surface area contributed by atoms with Crippen LogP contribution in [-0.2, 0) is 16.0 Å². The van der Waals surface area contributed by atoms with E-state index in [0.29, 0.717) is 40.1 Å². The van der Waals surface area contributed by atoms with Gasteiger partial charge >= 0.3 is 5.91 Å². The maximum Gasteiger partial charge on any atom is 0.301 e. The molecule has 1 N–H and O–H groups in total. The zero-order valence-corrected chi connectivity index (χ0v) is 21.4. The van der Waals surface area contributed by atoms with E-state index in [1.54, 1.807) is 42.5 Å². The quantitative estimate of drug-likeness (QED) is 0.200. The molecule has 0 saturated carbocycles. The fraction of sp³-hybridized carbons (Fsp3) is 0.207. The van der Waals surface area contributed by atoms with Crippen LogP contribution in [0.1, 0.15) is 36.6 Å². The van der Waals surface area contributed by atoms with Gasteiger partial charge < -0.3 is 14.6 Å². The minimum Gasteiger partial charge on any atom is -0.507 e. The molecule has 3 aromatic carbocycles. The van der Waals surface area contributed by atoms with Crippen molar-refractivity contribution in [2.75, 3.05) is 11.5 Å². The largest absolute Gasteiger partial charge is 0.507 e. The predicted molar refractivity (Wildman–Crippen MR) is 142 cm³/mol. The standard InChI is InChI=1S/C29H23FN2O5S/c1-3-36-20-8-4-16(5-9-20)25-24(26(33)17-6-11-22-18(13-17)12-15(2)37-22)27(34)28(35)32(25)29-31-21-10-7-19(30)14-23(21)38-29/h4-11,13-15,25,33H,3,12H2,1-2H3. The number of hydrogen-bond donors (Lipinski definition) is 1. The molecule has 1 fully saturated rings. The Morgan fingerprint density at radius 3 is 2.71 bits per heavy atom. The molecule has 4 aromatic rings. The van der Waals surface area contributed by atoms with Crippen LogP contribution in [0, 0.1) is 5.82 Å². The summed E-state index contributed by atoms with van der Waals surface area (Å²) in [6.45, 7) is 4.32. The van der Waals surface area contributed by atoms with Gasteiger partial charge in [-0.05, 0) is 73.5 Å². The number of aromatic nitrogens is 1. The number of ether oxygens (including phenoxy) is 2. The molecule has 7 nitrogen and oxygen atoms in total. The number of halogens is 1. The summed E-state index contributed by atoms with van der Waals surface area (Å²) in [6, 6.07) is 15.5. The summed E-state index contributed by atoms with van der Waals surface area (Å²) < 4.78 is 25.7. The Morgan fingerprint density at radius 2 is 1.95 bits per heavy atom. The van der Waals surface area contributed by atoms with Crippen LogP contribution in [-0.4, -0.2) is 34.5 Å². The van der Waals surface area contributed by atoms with Crippen molar-refractivity contribution in [2.45, 2.75) is 32.4 Å². The highest BCUT2D eigenvalue weighted by Crippen LogP contribution is 2.45. The van der Waals surface area contributed by atoms with Gasteiger partial charge in [-0.15, -0.1) is 0 Å². The third kappa shape index (κ3) is 3.99. The van der Waals surface area contributed by atoms with Gasteiger partial charge in [0.1, 0.15) is 29.2 Å². The topological polar surface area (TPSA) is 89.0 Å². The summed E-state index contributed by atoms with van der Waals surface area (Å²) in [6.07, 6.45) is 0.691. The number of benzene rings is 3. The molecule has 192 valence electrons. The van der Waals surface area contributed by atoms with Crippen LogP contribution in [0.25, 0.3) is 16.0 Å². The fourth-order valence-corrected chi connectivity index (χ4v) is 5.99. The first-order valence-corrected chi connectivity index (χ1v) is 13.1. The van der Waals surface area contributed by atoms with Crippen molar-refractivity contribution in [2.24, 2.45) is 0 Å². The number of thiazole rings is 1. The molecule has 2 atom stereocenters. The van der Waals surface area contributed by atoms with Crippen LogP contribution in [0.2, 0.25) is 0 Å². The number of aliphatic hydroxyl groups is 1. The molecular weight excluding hydrogens is 507 g/mol. The van der Waals surface area contributed by atoms with Crippen molar-refractivity contribution in [3.63, 3.8) is 0 Å². The number of ketones is 1. The highest BCUT2D eigenvalue weighted by molar-refractivity contribution is 7.22. The first-order chi connectivity index (χ1) is 18.3. The van der Waals surface area contributed by atoms with E-state index in [2.05, 4.69) is 4.98 Å². The Bertz CT molecular complexity index is 1630. The van der Waals surface area contributed by atoms with E-state index in [4.69, 9.17) is 9.47 Å². The van der Waals surface area contributed by atoms with E-state index in [0.717, 1.165) is 22.6 Å². The van der Waals surface area contributed by atoms with Gasteiger partial charge in [0, 0.05) is 12.0 Å². The maximum atomic E-state index is 13.9. The van der Waals surface area contributed by atoms with Crippen molar-refractivity contribution in [1.29, 1.82) is 0 Å². The van der Waals surface area contributed by atoms with E-state index < -0.39 is 23.5 Å². The molecule has 38 heavy (non-hydrogen) atoms. The summed E-state index contributed by atoms with van der Waals surface area (Å²) in [7, 11) is 0. The Morgan fingerprint density at radius 1 is 1.16 bits per heavy atom. The van der Waals surface area contributed by atoms with Gasteiger partial charge in [0.25, 0.3) is 5.78 Å². The first-order valence-electron chi connectivity index (χ1n) is 12.2. The summed E-state index contributed by atoms with van der Waals surface area (Å²) in [5.74, 6) is -0.970. The highest BCUT2D eigenvalue weighted by atomic mass is 32.1. The molecule has 9 heteroatoms. The molecule has 1 amide bonds. The van der Waals surface area contributed by atoms with Gasteiger partial charge in [0.05, 0.1) is 28.4 Å². The molecule has 0 bridgehead atoms. The molecule has 0 spiro atoms. The van der Waals surface area contributed by atoms with Crippen LogP contribution < -0.4 is 14.4 Å². The van der Waals surface area contributed by atoms with Crippen molar-refractivity contribution >= 4 is 44.1 Å². The number of rotatable bonds is 5. The second kappa shape index (κ2) is 9.25.